The zero-order chi connectivity index (χ0) is 31.5. The van der Waals surface area contributed by atoms with Crippen LogP contribution in [0.25, 0.3) is 10.8 Å². The van der Waals surface area contributed by atoms with Crippen LogP contribution in [-0.4, -0.2) is 44.3 Å². The molecule has 3 amide bonds. The highest BCUT2D eigenvalue weighted by molar-refractivity contribution is 6.67. The van der Waals surface area contributed by atoms with Crippen molar-refractivity contribution in [3.63, 3.8) is 0 Å². The highest BCUT2D eigenvalue weighted by Gasteiger charge is 2.87. The molecule has 3 aromatic carbocycles. The fourth-order valence-electron chi connectivity index (χ4n) is 6.92. The first-order chi connectivity index (χ1) is 20.7. The molecule has 7 rings (SSSR count). The SMILES string of the molecule is Cc1cc(OC(=O)[C@@H]2CC(=O)N(c3cccc4ccccc34)C2)ccc1N1C(=O)[C@@H]2[C@@H](C1=O)[C@@]1(Cl)C(Cl)=C(Cl)[C@@]2(Cl)C1(Cl)Cl. The molecule has 2 saturated heterocycles. The van der Waals surface area contributed by atoms with E-state index in [2.05, 4.69) is 0 Å². The van der Waals surface area contributed by atoms with E-state index in [-0.39, 0.29) is 40.4 Å². The van der Waals surface area contributed by atoms with Gasteiger partial charge in [-0.2, -0.15) is 0 Å². The van der Waals surface area contributed by atoms with Gasteiger partial charge in [-0.15, -0.1) is 23.2 Å². The Morgan fingerprint density at radius 3 is 2.09 bits per heavy atom. The van der Waals surface area contributed by atoms with Crippen LogP contribution < -0.4 is 14.5 Å². The number of aryl methyl sites for hydroxylation is 1. The number of carbonyl (C=O) groups is 4. The summed E-state index contributed by atoms with van der Waals surface area (Å²) in [7, 11) is 0. The number of nitrogens with zero attached hydrogens (tertiary/aromatic N) is 2. The number of imide groups is 1. The lowest BCUT2D eigenvalue weighted by Crippen LogP contribution is -2.50. The molecule has 0 radical (unpaired) electrons. The molecule has 2 bridgehead atoms. The molecule has 2 aliphatic heterocycles. The van der Waals surface area contributed by atoms with E-state index in [4.69, 9.17) is 74.3 Å². The fraction of sp³-hybridized carbons (Fsp3) is 0.290. The van der Waals surface area contributed by atoms with Crippen LogP contribution in [0.3, 0.4) is 0 Å². The van der Waals surface area contributed by atoms with E-state index in [1.165, 1.54) is 18.2 Å². The maximum absolute atomic E-state index is 13.7. The maximum Gasteiger partial charge on any atom is 0.316 e. The van der Waals surface area contributed by atoms with Crippen LogP contribution in [0, 0.1) is 24.7 Å². The number of benzene rings is 3. The molecule has 5 atom stereocenters. The first-order valence-corrected chi connectivity index (χ1v) is 15.8. The first-order valence-electron chi connectivity index (χ1n) is 13.5. The number of hydrogen-bond donors (Lipinski definition) is 0. The van der Waals surface area contributed by atoms with E-state index < -0.39 is 49.6 Å². The quantitative estimate of drug-likeness (QED) is 0.125. The third kappa shape index (κ3) is 3.71. The Hall–Kier alpha value is -2.52. The predicted octanol–water partition coefficient (Wildman–Crippen LogP) is 7.06. The number of amides is 3. The molecule has 0 aromatic heterocycles. The lowest BCUT2D eigenvalue weighted by Gasteiger charge is -2.34. The number of alkyl halides is 4. The van der Waals surface area contributed by atoms with E-state index in [0.29, 0.717) is 5.56 Å². The van der Waals surface area contributed by atoms with Gasteiger partial charge in [0.15, 0.2) is 4.33 Å². The van der Waals surface area contributed by atoms with Gasteiger partial charge in [-0.1, -0.05) is 82.8 Å². The molecule has 2 heterocycles. The molecule has 3 aromatic rings. The monoisotopic (exact) mass is 710 g/mol. The summed E-state index contributed by atoms with van der Waals surface area (Å²) in [6.07, 6.45) is 0.000813. The highest BCUT2D eigenvalue weighted by atomic mass is 35.5. The summed E-state index contributed by atoms with van der Waals surface area (Å²) in [5.41, 5.74) is 1.41. The second-order valence-corrected chi connectivity index (χ2v) is 14.6. The van der Waals surface area contributed by atoms with Gasteiger partial charge in [0.1, 0.15) is 15.5 Å². The van der Waals surface area contributed by atoms with Crippen LogP contribution in [0.15, 0.2) is 70.7 Å². The summed E-state index contributed by atoms with van der Waals surface area (Å²) >= 11 is 39.5. The molecule has 44 heavy (non-hydrogen) atoms. The van der Waals surface area contributed by atoms with Gasteiger partial charge >= 0.3 is 5.97 Å². The van der Waals surface area contributed by atoms with Gasteiger partial charge in [-0.25, -0.2) is 4.90 Å². The van der Waals surface area contributed by atoms with E-state index >= 15 is 0 Å². The molecule has 4 aliphatic rings. The van der Waals surface area contributed by atoms with Crippen molar-refractivity contribution >= 4 is 115 Å². The van der Waals surface area contributed by atoms with E-state index in [1.807, 2.05) is 42.5 Å². The van der Waals surface area contributed by atoms with Crippen molar-refractivity contribution in [1.82, 2.24) is 0 Å². The van der Waals surface area contributed by atoms with Crippen LogP contribution >= 0.6 is 69.6 Å². The standard InChI is InChI=1S/C31H20Cl6N2O5/c1-14-11-17(44-28(43)16-12-21(40)38(13-16)20-8-4-6-15-5-2-3-7-18(15)20)9-10-19(14)39-26(41)22-23(27(39)42)30(35)25(33)24(32)29(22,34)31(30,36)37/h2-11,16,22-23H,12-13H2,1H3/t16-,22+,23+,29-,30-/m1/s1. The zero-order valence-corrected chi connectivity index (χ0v) is 27.2. The molecule has 13 heteroatoms. The minimum absolute atomic E-state index is 0.000813. The number of carbonyl (C=O) groups excluding carboxylic acids is 4. The normalized spacial score (nSPS) is 30.6. The number of rotatable bonds is 4. The van der Waals surface area contributed by atoms with Crippen molar-refractivity contribution in [2.24, 2.45) is 17.8 Å². The Bertz CT molecular complexity index is 1830. The van der Waals surface area contributed by atoms with Crippen LogP contribution in [0.5, 0.6) is 5.75 Å². The second kappa shape index (κ2) is 9.99. The number of anilines is 2. The van der Waals surface area contributed by atoms with Crippen molar-refractivity contribution in [3.05, 3.63) is 76.3 Å². The van der Waals surface area contributed by atoms with Gasteiger partial charge in [0.2, 0.25) is 17.7 Å². The van der Waals surface area contributed by atoms with Crippen LogP contribution in [-0.2, 0) is 19.2 Å². The average molecular weight is 713 g/mol. The molecular weight excluding hydrogens is 693 g/mol. The van der Waals surface area contributed by atoms with Crippen molar-refractivity contribution in [3.8, 4) is 5.75 Å². The van der Waals surface area contributed by atoms with Gasteiger partial charge in [0, 0.05) is 18.4 Å². The Morgan fingerprint density at radius 2 is 1.45 bits per heavy atom. The number of esters is 1. The Morgan fingerprint density at radius 1 is 0.841 bits per heavy atom. The van der Waals surface area contributed by atoms with Gasteiger partial charge in [-0.05, 0) is 42.1 Å². The van der Waals surface area contributed by atoms with Crippen LogP contribution in [0.2, 0.25) is 0 Å². The molecule has 7 nitrogen and oxygen atoms in total. The molecular formula is C31H20Cl6N2O5. The number of fused-ring (bicyclic) bond motifs is 6. The van der Waals surface area contributed by atoms with Gasteiger partial charge in [0.05, 0.1) is 39.2 Å². The lowest BCUT2D eigenvalue weighted by atomic mass is 9.84. The third-order valence-electron chi connectivity index (χ3n) is 9.05. The maximum atomic E-state index is 13.7. The summed E-state index contributed by atoms with van der Waals surface area (Å²) in [6, 6.07) is 17.9. The zero-order valence-electron chi connectivity index (χ0n) is 22.6. The average Bonchev–Trinajstić information content (AvgIpc) is 3.58. The molecule has 0 unspecified atom stereocenters. The number of allylic oxidation sites excluding steroid dienone is 2. The Balaban J connectivity index is 1.11. The summed E-state index contributed by atoms with van der Waals surface area (Å²) in [4.78, 5) is 52.3. The number of ether oxygens (including phenoxy) is 1. The second-order valence-electron chi connectivity index (χ2n) is 11.4. The van der Waals surface area contributed by atoms with E-state index in [1.54, 1.807) is 11.8 Å². The number of halogens is 6. The van der Waals surface area contributed by atoms with E-state index in [9.17, 15) is 19.2 Å². The lowest BCUT2D eigenvalue weighted by molar-refractivity contribution is -0.139. The largest absolute Gasteiger partial charge is 0.426 e. The minimum atomic E-state index is -2.03. The van der Waals surface area contributed by atoms with Crippen molar-refractivity contribution < 1.29 is 23.9 Å². The molecule has 1 saturated carbocycles. The fourth-order valence-corrected chi connectivity index (χ4v) is 9.85. The van der Waals surface area contributed by atoms with E-state index in [0.717, 1.165) is 21.4 Å². The topological polar surface area (TPSA) is 84.0 Å². The van der Waals surface area contributed by atoms with Crippen LogP contribution in [0.1, 0.15) is 12.0 Å². The molecule has 2 aliphatic carbocycles. The molecule has 0 N–H and O–H groups in total. The van der Waals surface area contributed by atoms with Crippen molar-refractivity contribution in [1.29, 1.82) is 0 Å². The Labute approximate surface area is 281 Å². The minimum Gasteiger partial charge on any atom is -0.426 e. The van der Waals surface area contributed by atoms with Gasteiger partial charge < -0.3 is 9.64 Å². The summed E-state index contributed by atoms with van der Waals surface area (Å²) < 4.78 is 3.63. The highest BCUT2D eigenvalue weighted by Crippen LogP contribution is 2.77. The molecule has 3 fully saturated rings. The summed E-state index contributed by atoms with van der Waals surface area (Å²) in [6.45, 7) is 1.82. The smallest absolute Gasteiger partial charge is 0.316 e. The third-order valence-corrected chi connectivity index (χ3v) is 13.3. The molecule has 0 spiro atoms. The molecule has 226 valence electrons. The van der Waals surface area contributed by atoms with Crippen molar-refractivity contribution in [2.45, 2.75) is 27.4 Å². The summed E-state index contributed by atoms with van der Waals surface area (Å²) in [5.74, 6) is -5.15. The van der Waals surface area contributed by atoms with Crippen LogP contribution in [0.4, 0.5) is 11.4 Å². The van der Waals surface area contributed by atoms with Gasteiger partial charge in [-0.3, -0.25) is 19.2 Å². The van der Waals surface area contributed by atoms with Crippen molar-refractivity contribution in [2.75, 3.05) is 16.3 Å². The first kappa shape index (κ1) is 30.2. The number of hydrogen-bond acceptors (Lipinski definition) is 5. The Kier molecular flexibility index (Phi) is 6.84. The summed E-state index contributed by atoms with van der Waals surface area (Å²) in [5, 5.41) is 1.55. The van der Waals surface area contributed by atoms with Gasteiger partial charge in [0.25, 0.3) is 0 Å². The predicted molar refractivity (Wildman–Crippen MR) is 171 cm³/mol.